The molecule has 1 amide bonds. The third-order valence-electron chi connectivity index (χ3n) is 2.57. The molecule has 0 unspecified atom stereocenters. The Hall–Kier alpha value is -2.20. The zero-order valence-electron chi connectivity index (χ0n) is 10.3. The molecule has 0 aliphatic rings. The van der Waals surface area contributed by atoms with E-state index in [4.69, 9.17) is 22.1 Å². The van der Waals surface area contributed by atoms with Crippen LogP contribution in [0.1, 0.15) is 10.4 Å². The summed E-state index contributed by atoms with van der Waals surface area (Å²) in [5.74, 6) is 0.288. The van der Waals surface area contributed by atoms with Crippen molar-refractivity contribution in [2.75, 3.05) is 18.2 Å². The number of hydrogen-bond acceptors (Lipinski definition) is 3. The lowest BCUT2D eigenvalue weighted by atomic mass is 10.1. The molecular formula is C14H13ClN2O2. The predicted octanol–water partition coefficient (Wildman–Crippen LogP) is 3.18. The number of amides is 1. The number of carbonyl (C=O) groups is 1. The standard InChI is InChI=1S/C14H13ClN2O2/c1-19-13-6-5-9(7-12(13)16)14(18)17-11-4-2-3-10(15)8-11/h2-8H,16H2,1H3,(H,17,18). The third-order valence-corrected chi connectivity index (χ3v) is 2.81. The molecule has 0 saturated heterocycles. The Bertz CT molecular complexity index is 614. The minimum Gasteiger partial charge on any atom is -0.495 e. The number of nitrogens with two attached hydrogens (primary N) is 1. The maximum atomic E-state index is 12.0. The van der Waals surface area contributed by atoms with Crippen LogP contribution in [0.15, 0.2) is 42.5 Å². The van der Waals surface area contributed by atoms with Crippen molar-refractivity contribution in [3.63, 3.8) is 0 Å². The highest BCUT2D eigenvalue weighted by atomic mass is 35.5. The van der Waals surface area contributed by atoms with Crippen LogP contribution in [0, 0.1) is 0 Å². The molecule has 0 radical (unpaired) electrons. The Morgan fingerprint density at radius 3 is 2.68 bits per heavy atom. The second kappa shape index (κ2) is 5.63. The first-order valence-electron chi connectivity index (χ1n) is 5.60. The summed E-state index contributed by atoms with van der Waals surface area (Å²) in [4.78, 5) is 12.0. The molecule has 0 aromatic heterocycles. The Balaban J connectivity index is 2.18. The van der Waals surface area contributed by atoms with Crippen molar-refractivity contribution in [1.82, 2.24) is 0 Å². The predicted molar refractivity (Wildman–Crippen MR) is 76.8 cm³/mol. The number of halogens is 1. The van der Waals surface area contributed by atoms with E-state index in [2.05, 4.69) is 5.32 Å². The number of methoxy groups -OCH3 is 1. The van der Waals surface area contributed by atoms with Gasteiger partial charge in [-0.2, -0.15) is 0 Å². The fraction of sp³-hybridized carbons (Fsp3) is 0.0714. The summed E-state index contributed by atoms with van der Waals surface area (Å²) in [7, 11) is 1.53. The molecule has 4 nitrogen and oxygen atoms in total. The van der Waals surface area contributed by atoms with E-state index in [9.17, 15) is 4.79 Å². The third kappa shape index (κ3) is 3.17. The number of nitrogen functional groups attached to an aromatic ring is 1. The maximum absolute atomic E-state index is 12.0. The van der Waals surface area contributed by atoms with E-state index < -0.39 is 0 Å². The fourth-order valence-electron chi connectivity index (χ4n) is 1.65. The number of rotatable bonds is 3. The van der Waals surface area contributed by atoms with Crippen LogP contribution < -0.4 is 15.8 Å². The molecule has 0 fully saturated rings. The smallest absolute Gasteiger partial charge is 0.255 e. The Morgan fingerprint density at radius 1 is 1.26 bits per heavy atom. The van der Waals surface area contributed by atoms with Gasteiger partial charge in [0.2, 0.25) is 0 Å². The van der Waals surface area contributed by atoms with Gasteiger partial charge in [-0.05, 0) is 36.4 Å². The van der Waals surface area contributed by atoms with Gasteiger partial charge in [-0.25, -0.2) is 0 Å². The molecule has 0 spiro atoms. The summed E-state index contributed by atoms with van der Waals surface area (Å²) in [6, 6.07) is 11.8. The van der Waals surface area contributed by atoms with Crippen LogP contribution in [0.3, 0.4) is 0 Å². The van der Waals surface area contributed by atoms with Gasteiger partial charge in [0.25, 0.3) is 5.91 Å². The molecule has 0 heterocycles. The summed E-state index contributed by atoms with van der Waals surface area (Å²) >= 11 is 5.85. The summed E-state index contributed by atoms with van der Waals surface area (Å²) in [6.45, 7) is 0. The van der Waals surface area contributed by atoms with Gasteiger partial charge in [-0.1, -0.05) is 17.7 Å². The van der Waals surface area contributed by atoms with Crippen LogP contribution in [0.2, 0.25) is 5.02 Å². The van der Waals surface area contributed by atoms with Gasteiger partial charge in [-0.3, -0.25) is 4.79 Å². The van der Waals surface area contributed by atoms with E-state index in [0.717, 1.165) is 0 Å². The molecule has 0 aliphatic heterocycles. The molecule has 2 aromatic carbocycles. The van der Waals surface area contributed by atoms with Crippen LogP contribution >= 0.6 is 11.6 Å². The number of nitrogens with one attached hydrogen (secondary N) is 1. The van der Waals surface area contributed by atoms with Crippen molar-refractivity contribution < 1.29 is 9.53 Å². The highest BCUT2D eigenvalue weighted by Gasteiger charge is 2.09. The lowest BCUT2D eigenvalue weighted by Crippen LogP contribution is -2.12. The summed E-state index contributed by atoms with van der Waals surface area (Å²) in [5.41, 5.74) is 7.27. The summed E-state index contributed by atoms with van der Waals surface area (Å²) in [6.07, 6.45) is 0. The van der Waals surface area contributed by atoms with Crippen molar-refractivity contribution in [3.05, 3.63) is 53.1 Å². The van der Waals surface area contributed by atoms with Crippen molar-refractivity contribution in [1.29, 1.82) is 0 Å². The highest BCUT2D eigenvalue weighted by Crippen LogP contribution is 2.23. The SMILES string of the molecule is COc1ccc(C(=O)Nc2cccc(Cl)c2)cc1N. The molecule has 19 heavy (non-hydrogen) atoms. The van der Waals surface area contributed by atoms with Gasteiger partial charge >= 0.3 is 0 Å². The van der Waals surface area contributed by atoms with Gasteiger partial charge in [0.1, 0.15) is 5.75 Å². The lowest BCUT2D eigenvalue weighted by Gasteiger charge is -2.08. The van der Waals surface area contributed by atoms with Crippen LogP contribution in [0.5, 0.6) is 5.75 Å². The molecule has 0 bridgehead atoms. The fourth-order valence-corrected chi connectivity index (χ4v) is 1.84. The average Bonchev–Trinajstić information content (AvgIpc) is 2.38. The quantitative estimate of drug-likeness (QED) is 0.846. The second-order valence-corrected chi connectivity index (χ2v) is 4.36. The maximum Gasteiger partial charge on any atom is 0.255 e. The van der Waals surface area contributed by atoms with Crippen LogP contribution in [-0.4, -0.2) is 13.0 Å². The van der Waals surface area contributed by atoms with Crippen molar-refractivity contribution in [3.8, 4) is 5.75 Å². The number of anilines is 2. The molecule has 0 saturated carbocycles. The Labute approximate surface area is 116 Å². The van der Waals surface area contributed by atoms with Crippen molar-refractivity contribution in [2.24, 2.45) is 0 Å². The van der Waals surface area contributed by atoms with E-state index in [0.29, 0.717) is 27.7 Å². The molecule has 3 N–H and O–H groups in total. The Morgan fingerprint density at radius 2 is 2.05 bits per heavy atom. The monoisotopic (exact) mass is 276 g/mol. The molecule has 0 atom stereocenters. The molecule has 0 aliphatic carbocycles. The van der Waals surface area contributed by atoms with E-state index >= 15 is 0 Å². The van der Waals surface area contributed by atoms with Gasteiger partial charge in [-0.15, -0.1) is 0 Å². The molecule has 2 aromatic rings. The highest BCUT2D eigenvalue weighted by molar-refractivity contribution is 6.30. The first kappa shape index (κ1) is 13.2. The largest absolute Gasteiger partial charge is 0.495 e. The van der Waals surface area contributed by atoms with Gasteiger partial charge in [0, 0.05) is 16.3 Å². The van der Waals surface area contributed by atoms with Crippen LogP contribution in [0.4, 0.5) is 11.4 Å². The van der Waals surface area contributed by atoms with E-state index in [1.807, 2.05) is 0 Å². The number of hydrogen-bond donors (Lipinski definition) is 2. The minimum atomic E-state index is -0.253. The van der Waals surface area contributed by atoms with E-state index in [-0.39, 0.29) is 5.91 Å². The molecular weight excluding hydrogens is 264 g/mol. The average molecular weight is 277 g/mol. The van der Waals surface area contributed by atoms with Gasteiger partial charge in [0.05, 0.1) is 12.8 Å². The normalized spacial score (nSPS) is 10.0. The zero-order valence-corrected chi connectivity index (χ0v) is 11.1. The topological polar surface area (TPSA) is 64.3 Å². The van der Waals surface area contributed by atoms with Crippen molar-refractivity contribution >= 4 is 28.9 Å². The van der Waals surface area contributed by atoms with Gasteiger partial charge in [0.15, 0.2) is 0 Å². The number of ether oxygens (including phenoxy) is 1. The summed E-state index contributed by atoms with van der Waals surface area (Å²) < 4.78 is 5.04. The second-order valence-electron chi connectivity index (χ2n) is 3.92. The Kier molecular flexibility index (Phi) is 3.92. The molecule has 5 heteroatoms. The first-order chi connectivity index (χ1) is 9.10. The molecule has 98 valence electrons. The van der Waals surface area contributed by atoms with Gasteiger partial charge < -0.3 is 15.8 Å². The zero-order chi connectivity index (χ0) is 13.8. The molecule has 2 rings (SSSR count). The van der Waals surface area contributed by atoms with Crippen molar-refractivity contribution in [2.45, 2.75) is 0 Å². The summed E-state index contributed by atoms with van der Waals surface area (Å²) in [5, 5.41) is 3.31. The first-order valence-corrected chi connectivity index (χ1v) is 5.98. The van der Waals surface area contributed by atoms with E-state index in [1.165, 1.54) is 7.11 Å². The lowest BCUT2D eigenvalue weighted by molar-refractivity contribution is 0.102. The van der Waals surface area contributed by atoms with E-state index in [1.54, 1.807) is 42.5 Å². The minimum absolute atomic E-state index is 0.253. The van der Waals surface area contributed by atoms with Crippen LogP contribution in [0.25, 0.3) is 0 Å². The van der Waals surface area contributed by atoms with Crippen LogP contribution in [-0.2, 0) is 0 Å². The number of carbonyl (C=O) groups excluding carboxylic acids is 1. The number of benzene rings is 2.